The van der Waals surface area contributed by atoms with E-state index in [1.54, 1.807) is 0 Å². The second kappa shape index (κ2) is 30.7. The maximum atomic E-state index is 6.60. The van der Waals surface area contributed by atoms with Gasteiger partial charge >= 0.3 is 0 Å². The molecule has 0 bridgehead atoms. The molecule has 0 amide bonds. The van der Waals surface area contributed by atoms with Crippen LogP contribution in [0.15, 0.2) is 0 Å². The van der Waals surface area contributed by atoms with Gasteiger partial charge in [0, 0.05) is 26.4 Å². The van der Waals surface area contributed by atoms with Crippen LogP contribution < -0.4 is 0 Å². The first kappa shape index (κ1) is 41.7. The fourth-order valence-electron chi connectivity index (χ4n) is 4.28. The van der Waals surface area contributed by atoms with E-state index in [0.717, 1.165) is 63.6 Å². The van der Waals surface area contributed by atoms with Gasteiger partial charge in [0.2, 0.25) is 0 Å². The Morgan fingerprint density at radius 1 is 0.425 bits per heavy atom. The lowest BCUT2D eigenvalue weighted by atomic mass is 10.3. The molecule has 0 aromatic carbocycles. The van der Waals surface area contributed by atoms with Gasteiger partial charge in [-0.15, -0.1) is 0 Å². The molecule has 0 unspecified atom stereocenters. The van der Waals surface area contributed by atoms with Gasteiger partial charge in [-0.05, 0) is 45.3 Å². The normalized spacial score (nSPS) is 13.1. The van der Waals surface area contributed by atoms with Crippen molar-refractivity contribution in [1.29, 1.82) is 0 Å². The largest absolute Gasteiger partial charge is 0.354 e. The molecule has 0 fully saturated rings. The summed E-state index contributed by atoms with van der Waals surface area (Å²) in [6.07, 6.45) is 16.9. The van der Waals surface area contributed by atoms with Crippen molar-refractivity contribution in [3.8, 4) is 0 Å². The Labute approximate surface area is 270 Å². The van der Waals surface area contributed by atoms with E-state index in [0.29, 0.717) is 0 Å². The first-order valence-electron chi connectivity index (χ1n) is 16.7. The molecule has 0 aliphatic heterocycles. The van der Waals surface area contributed by atoms with E-state index in [-0.39, 0.29) is 10.8 Å². The summed E-state index contributed by atoms with van der Waals surface area (Å²) in [6.45, 7) is 17.0. The highest BCUT2D eigenvalue weighted by atomic mass is 33.7. The maximum Gasteiger partial charge on any atom is 0.154 e. The van der Waals surface area contributed by atoms with E-state index in [1.807, 2.05) is 41.2 Å². The molecule has 0 spiro atoms. The highest BCUT2D eigenvalue weighted by Crippen LogP contribution is 2.46. The van der Waals surface area contributed by atoms with E-state index < -0.39 is 19.0 Å². The van der Waals surface area contributed by atoms with Crippen LogP contribution in [0.25, 0.3) is 0 Å². The van der Waals surface area contributed by atoms with E-state index in [2.05, 4.69) is 41.5 Å². The van der Waals surface area contributed by atoms with E-state index in [1.165, 1.54) is 76.3 Å². The van der Waals surface area contributed by atoms with Crippen molar-refractivity contribution in [2.45, 2.75) is 154 Å². The molecular weight excluding hydrogens is 609 g/mol. The lowest BCUT2D eigenvalue weighted by Crippen LogP contribution is -2.45. The van der Waals surface area contributed by atoms with Gasteiger partial charge in [0.05, 0.1) is 30.5 Å². The van der Waals surface area contributed by atoms with Crippen molar-refractivity contribution in [1.82, 2.24) is 0 Å². The Morgan fingerprint density at radius 2 is 0.725 bits per heavy atom. The monoisotopic (exact) mass is 674 g/mol. The SMILES string of the molecule is CCCCCOC(CSSSSCC(OCCCCC)(OCCCCC)[SiH2]CCC)(OCCCCC)[SiH2]CCC. The molecule has 0 saturated carbocycles. The fraction of sp³-hybridized carbons (Fsp3) is 1.00. The van der Waals surface area contributed by atoms with Crippen LogP contribution in [0, 0.1) is 0 Å². The van der Waals surface area contributed by atoms with Crippen LogP contribution in [0.4, 0.5) is 0 Å². The zero-order chi connectivity index (χ0) is 29.6. The highest BCUT2D eigenvalue weighted by Gasteiger charge is 2.33. The zero-order valence-electron chi connectivity index (χ0n) is 27.2. The number of rotatable bonds is 33. The van der Waals surface area contributed by atoms with Gasteiger partial charge in [-0.2, -0.15) is 0 Å². The predicted octanol–water partition coefficient (Wildman–Crippen LogP) is 9.79. The molecule has 0 saturated heterocycles. The van der Waals surface area contributed by atoms with Gasteiger partial charge in [-0.1, -0.05) is 139 Å². The molecule has 4 nitrogen and oxygen atoms in total. The number of ether oxygens (including phenoxy) is 4. The molecule has 10 heteroatoms. The van der Waals surface area contributed by atoms with E-state index in [9.17, 15) is 0 Å². The summed E-state index contributed by atoms with van der Waals surface area (Å²) in [6, 6.07) is 2.56. The predicted molar refractivity (Wildman–Crippen MR) is 195 cm³/mol. The molecule has 0 atom stereocenters. The second-order valence-electron chi connectivity index (χ2n) is 10.9. The van der Waals surface area contributed by atoms with Crippen molar-refractivity contribution in [2.75, 3.05) is 37.9 Å². The first-order valence-corrected chi connectivity index (χ1v) is 25.3. The molecule has 0 aliphatic carbocycles. The topological polar surface area (TPSA) is 36.9 Å². The van der Waals surface area contributed by atoms with Crippen LogP contribution in [-0.2, 0) is 18.9 Å². The summed E-state index contributed by atoms with van der Waals surface area (Å²) in [5.74, 6) is 1.87. The van der Waals surface area contributed by atoms with E-state index >= 15 is 0 Å². The maximum absolute atomic E-state index is 6.60. The van der Waals surface area contributed by atoms with Crippen molar-refractivity contribution in [2.24, 2.45) is 0 Å². The van der Waals surface area contributed by atoms with Crippen molar-refractivity contribution >= 4 is 60.3 Å². The van der Waals surface area contributed by atoms with Crippen molar-refractivity contribution < 1.29 is 18.9 Å². The van der Waals surface area contributed by atoms with Crippen LogP contribution in [0.1, 0.15) is 131 Å². The summed E-state index contributed by atoms with van der Waals surface area (Å²) < 4.78 is 26.4. The molecule has 0 heterocycles. The van der Waals surface area contributed by atoms with Gasteiger partial charge in [0.15, 0.2) is 10.8 Å². The summed E-state index contributed by atoms with van der Waals surface area (Å²) in [5.41, 5.74) is -0.633. The van der Waals surface area contributed by atoms with Gasteiger partial charge in [0.1, 0.15) is 0 Å². The molecule has 242 valence electrons. The van der Waals surface area contributed by atoms with Crippen LogP contribution in [0.2, 0.25) is 12.1 Å². The van der Waals surface area contributed by atoms with Gasteiger partial charge in [0.25, 0.3) is 0 Å². The van der Waals surface area contributed by atoms with Crippen molar-refractivity contribution in [3.05, 3.63) is 0 Å². The Morgan fingerprint density at radius 3 is 0.975 bits per heavy atom. The fourth-order valence-corrected chi connectivity index (χ4v) is 16.0. The third kappa shape index (κ3) is 23.1. The third-order valence-electron chi connectivity index (χ3n) is 6.96. The smallest absolute Gasteiger partial charge is 0.154 e. The summed E-state index contributed by atoms with van der Waals surface area (Å²) in [5, 5.41) is 0. The molecule has 40 heavy (non-hydrogen) atoms. The Bertz CT molecular complexity index is 456. The van der Waals surface area contributed by atoms with Crippen LogP contribution in [0.3, 0.4) is 0 Å². The number of unbranched alkanes of at least 4 members (excludes halogenated alkanes) is 8. The van der Waals surface area contributed by atoms with Crippen LogP contribution >= 0.6 is 41.2 Å². The minimum atomic E-state index is -0.479. The van der Waals surface area contributed by atoms with Gasteiger partial charge in [-0.3, -0.25) is 0 Å². The summed E-state index contributed by atoms with van der Waals surface area (Å²) >= 11 is 0. The molecule has 0 rings (SSSR count). The minimum Gasteiger partial charge on any atom is -0.354 e. The third-order valence-corrected chi connectivity index (χ3v) is 19.2. The van der Waals surface area contributed by atoms with Crippen LogP contribution in [0.5, 0.6) is 0 Å². The lowest BCUT2D eigenvalue weighted by Gasteiger charge is -2.34. The summed E-state index contributed by atoms with van der Waals surface area (Å²) in [7, 11) is 6.68. The van der Waals surface area contributed by atoms with Gasteiger partial charge in [-0.25, -0.2) is 0 Å². The summed E-state index contributed by atoms with van der Waals surface area (Å²) in [4.78, 5) is 0. The molecule has 0 N–H and O–H groups in total. The molecule has 0 aliphatic rings. The lowest BCUT2D eigenvalue weighted by molar-refractivity contribution is -0.167. The van der Waals surface area contributed by atoms with Gasteiger partial charge < -0.3 is 18.9 Å². The number of hydrogen-bond donors (Lipinski definition) is 0. The van der Waals surface area contributed by atoms with Crippen molar-refractivity contribution in [3.63, 3.8) is 0 Å². The average molecular weight is 675 g/mol. The molecule has 0 aromatic heterocycles. The Hall–Kier alpha value is 1.67. The molecular formula is C30H66O4S4Si2. The van der Waals surface area contributed by atoms with E-state index in [4.69, 9.17) is 18.9 Å². The quantitative estimate of drug-likeness (QED) is 0.0295. The zero-order valence-corrected chi connectivity index (χ0v) is 33.3. The van der Waals surface area contributed by atoms with Crippen LogP contribution in [-0.4, -0.2) is 67.8 Å². The standard InChI is InChI=1S/C30H66O4S4Si2/c1-7-13-17-21-31-29(39-25-11-5,32-22-18-14-8-2)27-35-37-38-36-28-30(40-26-12-6,33-23-19-15-9-3)34-24-20-16-10-4/h7-28,39-40H2,1-6H3. The Kier molecular flexibility index (Phi) is 32.0. The highest BCUT2D eigenvalue weighted by molar-refractivity contribution is 9.26. The molecule has 0 radical (unpaired) electrons. The minimum absolute atomic E-state index is 0.317. The average Bonchev–Trinajstić information content (AvgIpc) is 2.97. The first-order chi connectivity index (χ1) is 19.6. The molecule has 0 aromatic rings. The Balaban J connectivity index is 5.04. The number of hydrogen-bond acceptors (Lipinski definition) is 8. The second-order valence-corrected chi connectivity index (χ2v) is 21.5.